The monoisotopic (exact) mass is 413 g/mol. The van der Waals surface area contributed by atoms with E-state index in [1.54, 1.807) is 30.5 Å². The predicted octanol–water partition coefficient (Wildman–Crippen LogP) is 3.25. The number of aromatic nitrogens is 1. The zero-order chi connectivity index (χ0) is 20.0. The minimum absolute atomic E-state index is 0.0477. The highest BCUT2D eigenvalue weighted by Gasteiger charge is 2.53. The van der Waals surface area contributed by atoms with Gasteiger partial charge in [-0.15, -0.1) is 0 Å². The Balaban J connectivity index is 1.05. The maximum Gasteiger partial charge on any atom is 0.317 e. The van der Waals surface area contributed by atoms with E-state index in [4.69, 9.17) is 4.37 Å². The topological polar surface area (TPSA) is 51.7 Å². The van der Waals surface area contributed by atoms with Crippen LogP contribution in [0.3, 0.4) is 0 Å². The highest BCUT2D eigenvalue weighted by atomic mass is 32.1. The first kappa shape index (κ1) is 19.1. The van der Waals surface area contributed by atoms with Gasteiger partial charge in [-0.25, -0.2) is 4.79 Å². The van der Waals surface area contributed by atoms with Crippen molar-refractivity contribution in [2.75, 3.05) is 51.7 Å². The molecule has 2 aromatic rings. The third kappa shape index (κ3) is 3.70. The molecule has 1 aliphatic heterocycles. The maximum atomic E-state index is 11.8. The molecule has 3 aliphatic rings. The summed E-state index contributed by atoms with van der Waals surface area (Å²) in [5.41, 5.74) is 0.538. The molecule has 7 heteroatoms. The van der Waals surface area contributed by atoms with Gasteiger partial charge in [-0.2, -0.15) is 4.37 Å². The molecule has 3 fully saturated rings. The van der Waals surface area contributed by atoms with Gasteiger partial charge in [-0.05, 0) is 60.7 Å². The zero-order valence-corrected chi connectivity index (χ0v) is 18.2. The Morgan fingerprint density at radius 1 is 1.17 bits per heavy atom. The fourth-order valence-electron chi connectivity index (χ4n) is 5.63. The van der Waals surface area contributed by atoms with E-state index in [9.17, 15) is 4.79 Å². The van der Waals surface area contributed by atoms with Gasteiger partial charge >= 0.3 is 6.03 Å². The highest BCUT2D eigenvalue weighted by molar-refractivity contribution is 7.13. The van der Waals surface area contributed by atoms with Gasteiger partial charge in [-0.1, -0.05) is 12.1 Å². The first-order chi connectivity index (χ1) is 14.0. The Morgan fingerprint density at radius 3 is 2.62 bits per heavy atom. The van der Waals surface area contributed by atoms with Crippen LogP contribution < -0.4 is 10.2 Å². The minimum atomic E-state index is 0.0477. The van der Waals surface area contributed by atoms with Gasteiger partial charge in [0.15, 0.2) is 0 Å². The number of fused-ring (bicyclic) bond motifs is 1. The normalized spacial score (nSPS) is 29.5. The summed E-state index contributed by atoms with van der Waals surface area (Å²) in [6.07, 6.45) is 5.04. The molecule has 0 atom stereocenters. The summed E-state index contributed by atoms with van der Waals surface area (Å²) in [7, 11) is 3.61. The van der Waals surface area contributed by atoms with Crippen LogP contribution in [0.4, 0.5) is 10.6 Å². The Bertz CT molecular complexity index is 874. The zero-order valence-electron chi connectivity index (χ0n) is 17.4. The molecule has 1 spiro atoms. The lowest BCUT2D eigenvalue weighted by molar-refractivity contribution is -0.0573. The van der Waals surface area contributed by atoms with Crippen LogP contribution in [0.2, 0.25) is 0 Å². The fourth-order valence-corrected chi connectivity index (χ4v) is 6.42. The number of carbonyl (C=O) groups is 1. The summed E-state index contributed by atoms with van der Waals surface area (Å²) >= 11 is 1.61. The van der Waals surface area contributed by atoms with Crippen molar-refractivity contribution < 1.29 is 4.79 Å². The number of urea groups is 1. The van der Waals surface area contributed by atoms with E-state index in [0.29, 0.717) is 11.5 Å². The third-order valence-electron chi connectivity index (χ3n) is 7.08. The fraction of sp³-hybridized carbons (Fsp3) is 0.636. The van der Waals surface area contributed by atoms with Crippen LogP contribution >= 0.6 is 11.5 Å². The Labute approximate surface area is 177 Å². The van der Waals surface area contributed by atoms with E-state index < -0.39 is 0 Å². The standard InChI is InChI=1S/C22H31N5OS/c1-25(2)21(28)23-17-13-22(14-17)11-16(12-22)15-26-7-9-27(10-8-26)20-18-5-3-4-6-19(18)29-24-20/h3-6,16-17H,7-15H2,1-2H3,(H,23,28). The molecule has 1 aromatic carbocycles. The summed E-state index contributed by atoms with van der Waals surface area (Å²) in [5.74, 6) is 2.01. The predicted molar refractivity (Wildman–Crippen MR) is 119 cm³/mol. The van der Waals surface area contributed by atoms with Crippen molar-refractivity contribution in [2.45, 2.75) is 31.7 Å². The number of rotatable bonds is 4. The van der Waals surface area contributed by atoms with Gasteiger partial charge in [0.2, 0.25) is 0 Å². The number of anilines is 1. The first-order valence-corrected chi connectivity index (χ1v) is 11.6. The molecule has 2 saturated carbocycles. The molecule has 2 aliphatic carbocycles. The molecule has 156 valence electrons. The van der Waals surface area contributed by atoms with Crippen LogP contribution in [-0.2, 0) is 0 Å². The van der Waals surface area contributed by atoms with E-state index in [2.05, 4.69) is 39.4 Å². The maximum absolute atomic E-state index is 11.8. The summed E-state index contributed by atoms with van der Waals surface area (Å²) < 4.78 is 6.01. The lowest BCUT2D eigenvalue weighted by Crippen LogP contribution is -2.59. The molecular formula is C22H31N5OS. The van der Waals surface area contributed by atoms with Crippen molar-refractivity contribution in [2.24, 2.45) is 11.3 Å². The number of nitrogens with zero attached hydrogens (tertiary/aromatic N) is 4. The van der Waals surface area contributed by atoms with E-state index in [-0.39, 0.29) is 6.03 Å². The van der Waals surface area contributed by atoms with E-state index in [1.165, 1.54) is 48.1 Å². The number of hydrogen-bond acceptors (Lipinski definition) is 5. The summed E-state index contributed by atoms with van der Waals surface area (Å²) in [6.45, 7) is 5.66. The lowest BCUT2D eigenvalue weighted by Gasteiger charge is -2.58. The number of hydrogen-bond donors (Lipinski definition) is 1. The van der Waals surface area contributed by atoms with Gasteiger partial charge in [0, 0.05) is 58.2 Å². The molecule has 1 N–H and O–H groups in total. The number of amides is 2. The molecule has 0 radical (unpaired) electrons. The highest BCUT2D eigenvalue weighted by Crippen LogP contribution is 2.58. The summed E-state index contributed by atoms with van der Waals surface area (Å²) in [6, 6.07) is 9.00. The quantitative estimate of drug-likeness (QED) is 0.836. The summed E-state index contributed by atoms with van der Waals surface area (Å²) in [5, 5.41) is 4.43. The van der Waals surface area contributed by atoms with Crippen LogP contribution in [0.25, 0.3) is 10.1 Å². The number of piperazine rings is 1. The molecule has 1 saturated heterocycles. The molecule has 2 amide bonds. The second kappa shape index (κ2) is 7.43. The molecular weight excluding hydrogens is 382 g/mol. The molecule has 1 aromatic heterocycles. The van der Waals surface area contributed by atoms with Gasteiger partial charge < -0.3 is 15.1 Å². The molecule has 2 heterocycles. The SMILES string of the molecule is CN(C)C(=O)NC1CC2(CC(CN3CCN(c4nsc5ccccc45)CC3)C2)C1. The number of carbonyl (C=O) groups excluding carboxylic acids is 1. The van der Waals surface area contributed by atoms with E-state index in [1.807, 2.05) is 0 Å². The molecule has 0 unspecified atom stereocenters. The molecule has 29 heavy (non-hydrogen) atoms. The molecule has 6 nitrogen and oxygen atoms in total. The average molecular weight is 414 g/mol. The second-order valence-corrected chi connectivity index (χ2v) is 10.3. The van der Waals surface area contributed by atoms with E-state index in [0.717, 1.165) is 32.1 Å². The number of benzene rings is 1. The van der Waals surface area contributed by atoms with Crippen molar-refractivity contribution in [3.8, 4) is 0 Å². The van der Waals surface area contributed by atoms with Crippen LogP contribution in [0, 0.1) is 11.3 Å². The van der Waals surface area contributed by atoms with Crippen molar-refractivity contribution >= 4 is 33.5 Å². The average Bonchev–Trinajstić information content (AvgIpc) is 3.09. The van der Waals surface area contributed by atoms with Crippen LogP contribution in [0.5, 0.6) is 0 Å². The van der Waals surface area contributed by atoms with Crippen LogP contribution in [0.1, 0.15) is 25.7 Å². The van der Waals surface area contributed by atoms with Crippen molar-refractivity contribution in [1.29, 1.82) is 0 Å². The van der Waals surface area contributed by atoms with Gasteiger partial charge in [-0.3, -0.25) is 4.90 Å². The van der Waals surface area contributed by atoms with Gasteiger partial charge in [0.1, 0.15) is 5.82 Å². The van der Waals surface area contributed by atoms with Crippen molar-refractivity contribution in [3.63, 3.8) is 0 Å². The van der Waals surface area contributed by atoms with Crippen molar-refractivity contribution in [1.82, 2.24) is 19.5 Å². The molecule has 0 bridgehead atoms. The van der Waals surface area contributed by atoms with Crippen molar-refractivity contribution in [3.05, 3.63) is 24.3 Å². The van der Waals surface area contributed by atoms with Gasteiger partial charge in [0.25, 0.3) is 0 Å². The minimum Gasteiger partial charge on any atom is -0.353 e. The Morgan fingerprint density at radius 2 is 1.90 bits per heavy atom. The van der Waals surface area contributed by atoms with E-state index >= 15 is 0 Å². The lowest BCUT2D eigenvalue weighted by atomic mass is 9.50. The smallest absolute Gasteiger partial charge is 0.317 e. The van der Waals surface area contributed by atoms with Gasteiger partial charge in [0.05, 0.1) is 4.70 Å². The van der Waals surface area contributed by atoms with Crippen LogP contribution in [0.15, 0.2) is 24.3 Å². The van der Waals surface area contributed by atoms with Crippen LogP contribution in [-0.4, -0.2) is 73.1 Å². The Hall–Kier alpha value is -1.86. The largest absolute Gasteiger partial charge is 0.353 e. The molecule has 5 rings (SSSR count). The number of nitrogens with one attached hydrogen (secondary N) is 1. The second-order valence-electron chi connectivity index (χ2n) is 9.51. The first-order valence-electron chi connectivity index (χ1n) is 10.8. The summed E-state index contributed by atoms with van der Waals surface area (Å²) in [4.78, 5) is 18.5. The third-order valence-corrected chi connectivity index (χ3v) is 7.90. The Kier molecular flexibility index (Phi) is 4.90.